The number of imidazole rings is 1. The number of benzene rings is 1. The number of fused-ring (bicyclic) bond motifs is 3. The summed E-state index contributed by atoms with van der Waals surface area (Å²) in [5.74, 6) is 1.18. The Balaban J connectivity index is 2.24. The zero-order valence-electron chi connectivity index (χ0n) is 11.3. The largest absolute Gasteiger partial charge is 0.382 e. The lowest BCUT2D eigenvalue weighted by atomic mass is 10.1. The first-order valence-electron chi connectivity index (χ1n) is 6.66. The van der Waals surface area contributed by atoms with Crippen molar-refractivity contribution >= 4 is 27.8 Å². The number of aryl methyl sites for hydroxylation is 1. The molecule has 0 atom stereocenters. The molecule has 2 aromatic heterocycles. The van der Waals surface area contributed by atoms with E-state index in [-0.39, 0.29) is 0 Å². The molecule has 0 aliphatic heterocycles. The van der Waals surface area contributed by atoms with E-state index in [0.29, 0.717) is 11.7 Å². The van der Waals surface area contributed by atoms with E-state index in [0.717, 1.165) is 34.9 Å². The van der Waals surface area contributed by atoms with Gasteiger partial charge in [0, 0.05) is 11.9 Å². The molecule has 0 unspecified atom stereocenters. The Morgan fingerprint density at radius 2 is 2.05 bits per heavy atom. The number of nitrogens with two attached hydrogens (primary N) is 1. The second kappa shape index (κ2) is 4.53. The molecule has 0 saturated carbocycles. The van der Waals surface area contributed by atoms with E-state index in [1.54, 1.807) is 0 Å². The third kappa shape index (κ3) is 2.03. The number of nitrogens with zero attached hydrogens (tertiary/aromatic N) is 3. The van der Waals surface area contributed by atoms with Crippen LogP contribution in [0.5, 0.6) is 0 Å². The van der Waals surface area contributed by atoms with Crippen LogP contribution < -0.4 is 5.73 Å². The van der Waals surface area contributed by atoms with Crippen molar-refractivity contribution in [3.05, 3.63) is 30.6 Å². The quantitative estimate of drug-likeness (QED) is 0.780. The van der Waals surface area contributed by atoms with Crippen LogP contribution in [-0.4, -0.2) is 14.5 Å². The van der Waals surface area contributed by atoms with Crippen LogP contribution >= 0.6 is 0 Å². The van der Waals surface area contributed by atoms with Gasteiger partial charge in [-0.2, -0.15) is 0 Å². The maximum atomic E-state index is 6.00. The average molecular weight is 254 g/mol. The molecule has 0 aliphatic rings. The van der Waals surface area contributed by atoms with E-state index in [4.69, 9.17) is 5.73 Å². The summed E-state index contributed by atoms with van der Waals surface area (Å²) in [5.41, 5.74) is 8.84. The fourth-order valence-corrected chi connectivity index (χ4v) is 2.37. The third-order valence-corrected chi connectivity index (χ3v) is 3.43. The van der Waals surface area contributed by atoms with Crippen LogP contribution in [0, 0.1) is 5.92 Å². The van der Waals surface area contributed by atoms with E-state index in [2.05, 4.69) is 34.4 Å². The Morgan fingerprint density at radius 3 is 2.84 bits per heavy atom. The van der Waals surface area contributed by atoms with E-state index >= 15 is 0 Å². The van der Waals surface area contributed by atoms with E-state index < -0.39 is 0 Å². The van der Waals surface area contributed by atoms with E-state index in [9.17, 15) is 0 Å². The van der Waals surface area contributed by atoms with Gasteiger partial charge in [0.25, 0.3) is 0 Å². The summed E-state index contributed by atoms with van der Waals surface area (Å²) < 4.78 is 2.19. The van der Waals surface area contributed by atoms with E-state index in [1.165, 1.54) is 0 Å². The van der Waals surface area contributed by atoms with Crippen molar-refractivity contribution in [3.63, 3.8) is 0 Å². The summed E-state index contributed by atoms with van der Waals surface area (Å²) >= 11 is 0. The fraction of sp³-hybridized carbons (Fsp3) is 0.333. The van der Waals surface area contributed by atoms with Crippen LogP contribution in [0.15, 0.2) is 30.6 Å². The summed E-state index contributed by atoms with van der Waals surface area (Å²) in [6.45, 7) is 5.42. The maximum Gasteiger partial charge on any atom is 0.152 e. The Bertz CT molecular complexity index is 727. The number of anilines is 1. The molecule has 0 bridgehead atoms. The van der Waals surface area contributed by atoms with Gasteiger partial charge in [0.15, 0.2) is 5.82 Å². The molecule has 2 N–H and O–H groups in total. The average Bonchev–Trinajstić information content (AvgIpc) is 2.81. The number of hydrogen-bond donors (Lipinski definition) is 1. The van der Waals surface area contributed by atoms with Gasteiger partial charge in [-0.05, 0) is 18.4 Å². The van der Waals surface area contributed by atoms with Crippen molar-refractivity contribution in [3.8, 4) is 0 Å². The predicted molar refractivity (Wildman–Crippen MR) is 78.9 cm³/mol. The minimum atomic E-state index is 0.511. The van der Waals surface area contributed by atoms with Gasteiger partial charge in [0.05, 0.1) is 17.4 Å². The van der Waals surface area contributed by atoms with Gasteiger partial charge in [-0.3, -0.25) is 0 Å². The van der Waals surface area contributed by atoms with Gasteiger partial charge in [0.1, 0.15) is 5.52 Å². The molecule has 2 heterocycles. The summed E-state index contributed by atoms with van der Waals surface area (Å²) in [5, 5.41) is 1.12. The Kier molecular flexibility index (Phi) is 2.85. The van der Waals surface area contributed by atoms with Crippen LogP contribution in [0.25, 0.3) is 21.9 Å². The summed E-state index contributed by atoms with van der Waals surface area (Å²) in [4.78, 5) is 8.84. The van der Waals surface area contributed by atoms with Crippen LogP contribution in [-0.2, 0) is 6.54 Å². The van der Waals surface area contributed by atoms with Crippen molar-refractivity contribution in [2.75, 3.05) is 5.73 Å². The van der Waals surface area contributed by atoms with Crippen molar-refractivity contribution in [1.82, 2.24) is 14.5 Å². The number of aromatic nitrogens is 3. The highest BCUT2D eigenvalue weighted by atomic mass is 15.1. The zero-order chi connectivity index (χ0) is 13.4. The second-order valence-electron chi connectivity index (χ2n) is 5.33. The number of hydrogen-bond acceptors (Lipinski definition) is 3. The first kappa shape index (κ1) is 12.0. The Morgan fingerprint density at radius 1 is 1.26 bits per heavy atom. The first-order valence-corrected chi connectivity index (χ1v) is 6.66. The molecule has 0 fully saturated rings. The Hall–Kier alpha value is -2.10. The molecule has 0 radical (unpaired) electrons. The SMILES string of the molecule is CC(C)CCn1cnc2c(N)nc3ccccc3c21. The summed E-state index contributed by atoms with van der Waals surface area (Å²) in [7, 11) is 0. The smallest absolute Gasteiger partial charge is 0.152 e. The standard InChI is InChI=1S/C15H18N4/c1-10(2)7-8-19-9-17-13-14(19)11-5-3-4-6-12(11)18-15(13)16/h3-6,9-10H,7-8H2,1-2H3,(H2,16,18). The summed E-state index contributed by atoms with van der Waals surface area (Å²) in [6.07, 6.45) is 3.00. The predicted octanol–water partition coefficient (Wildman–Crippen LogP) is 3.21. The topological polar surface area (TPSA) is 56.7 Å². The fourth-order valence-electron chi connectivity index (χ4n) is 2.37. The minimum absolute atomic E-state index is 0.511. The molecule has 1 aromatic carbocycles. The van der Waals surface area contributed by atoms with Gasteiger partial charge in [-0.1, -0.05) is 32.0 Å². The number of para-hydroxylation sites is 1. The normalized spacial score (nSPS) is 11.7. The molecule has 4 nitrogen and oxygen atoms in total. The number of pyridine rings is 1. The lowest BCUT2D eigenvalue weighted by Crippen LogP contribution is -2.01. The molecular formula is C15H18N4. The molecule has 4 heteroatoms. The van der Waals surface area contributed by atoms with Crippen LogP contribution in [0.4, 0.5) is 5.82 Å². The molecular weight excluding hydrogens is 236 g/mol. The highest BCUT2D eigenvalue weighted by Gasteiger charge is 2.11. The first-order chi connectivity index (χ1) is 9.16. The molecule has 3 rings (SSSR count). The number of nitrogen functional groups attached to an aromatic ring is 1. The highest BCUT2D eigenvalue weighted by Crippen LogP contribution is 2.27. The molecule has 0 saturated heterocycles. The minimum Gasteiger partial charge on any atom is -0.382 e. The van der Waals surface area contributed by atoms with E-state index in [1.807, 2.05) is 24.5 Å². The lowest BCUT2D eigenvalue weighted by Gasteiger charge is -2.09. The Labute approximate surface area is 112 Å². The molecule has 0 amide bonds. The molecule has 0 aliphatic carbocycles. The zero-order valence-corrected chi connectivity index (χ0v) is 11.3. The molecule has 0 spiro atoms. The lowest BCUT2D eigenvalue weighted by molar-refractivity contribution is 0.523. The van der Waals surface area contributed by atoms with Crippen molar-refractivity contribution in [2.45, 2.75) is 26.8 Å². The molecule has 98 valence electrons. The van der Waals surface area contributed by atoms with Gasteiger partial charge < -0.3 is 10.3 Å². The van der Waals surface area contributed by atoms with Gasteiger partial charge in [-0.25, -0.2) is 9.97 Å². The van der Waals surface area contributed by atoms with Crippen LogP contribution in [0.2, 0.25) is 0 Å². The highest BCUT2D eigenvalue weighted by molar-refractivity contribution is 6.06. The molecule has 3 aromatic rings. The van der Waals surface area contributed by atoms with Crippen LogP contribution in [0.1, 0.15) is 20.3 Å². The second-order valence-corrected chi connectivity index (χ2v) is 5.33. The summed E-state index contributed by atoms with van der Waals surface area (Å²) in [6, 6.07) is 8.08. The van der Waals surface area contributed by atoms with Crippen molar-refractivity contribution in [2.24, 2.45) is 5.92 Å². The van der Waals surface area contributed by atoms with Crippen LogP contribution in [0.3, 0.4) is 0 Å². The monoisotopic (exact) mass is 254 g/mol. The third-order valence-electron chi connectivity index (χ3n) is 3.43. The molecule has 19 heavy (non-hydrogen) atoms. The van der Waals surface area contributed by atoms with Gasteiger partial charge in [0.2, 0.25) is 0 Å². The van der Waals surface area contributed by atoms with Gasteiger partial charge in [-0.15, -0.1) is 0 Å². The van der Waals surface area contributed by atoms with Crippen molar-refractivity contribution < 1.29 is 0 Å². The maximum absolute atomic E-state index is 6.00. The number of rotatable bonds is 3. The van der Waals surface area contributed by atoms with Crippen molar-refractivity contribution in [1.29, 1.82) is 0 Å². The van der Waals surface area contributed by atoms with Gasteiger partial charge >= 0.3 is 0 Å².